The number of ether oxygens (including phenoxy) is 2. The quantitative estimate of drug-likeness (QED) is 0.360. The van der Waals surface area contributed by atoms with Gasteiger partial charge in [-0.3, -0.25) is 14.5 Å². The van der Waals surface area contributed by atoms with Crippen LogP contribution in [-0.4, -0.2) is 36.1 Å². The maximum Gasteiger partial charge on any atom is 0.300 e. The molecule has 0 bridgehead atoms. The fraction of sp³-hybridized carbons (Fsp3) is 0.120. The number of amides is 1. The largest absolute Gasteiger partial charge is 0.507 e. The molecule has 1 amide bonds. The Morgan fingerprint density at radius 3 is 2.19 bits per heavy atom. The van der Waals surface area contributed by atoms with Crippen LogP contribution < -0.4 is 14.4 Å². The number of phenolic OH excluding ortho intramolecular Hbond substituents is 1. The molecule has 7 nitrogen and oxygen atoms in total. The molecule has 3 aromatic carbocycles. The van der Waals surface area contributed by atoms with E-state index in [1.165, 1.54) is 31.3 Å². The molecule has 1 fully saturated rings. The molecule has 4 rings (SSSR count). The number of hydrogen-bond donors (Lipinski definition) is 2. The van der Waals surface area contributed by atoms with Crippen molar-refractivity contribution in [3.63, 3.8) is 0 Å². The number of para-hydroxylation sites is 3. The van der Waals surface area contributed by atoms with E-state index in [-0.39, 0.29) is 22.8 Å². The Morgan fingerprint density at radius 2 is 1.53 bits per heavy atom. The van der Waals surface area contributed by atoms with Crippen LogP contribution in [0.3, 0.4) is 0 Å². The number of benzene rings is 3. The summed E-state index contributed by atoms with van der Waals surface area (Å²) in [5.41, 5.74) is 0.890. The van der Waals surface area contributed by atoms with Crippen LogP contribution in [0.5, 0.6) is 17.2 Å². The Labute approximate surface area is 184 Å². The van der Waals surface area contributed by atoms with E-state index in [4.69, 9.17) is 9.47 Å². The predicted molar refractivity (Wildman–Crippen MR) is 119 cm³/mol. The topological polar surface area (TPSA) is 96.3 Å². The Balaban J connectivity index is 1.98. The summed E-state index contributed by atoms with van der Waals surface area (Å²) in [6.45, 7) is 0. The molecular weight excluding hydrogens is 410 g/mol. The lowest BCUT2D eigenvalue weighted by Gasteiger charge is -2.27. The number of anilines is 1. The second kappa shape index (κ2) is 8.47. The monoisotopic (exact) mass is 431 g/mol. The first-order valence-electron chi connectivity index (χ1n) is 9.84. The van der Waals surface area contributed by atoms with Gasteiger partial charge in [-0.15, -0.1) is 0 Å². The van der Waals surface area contributed by atoms with Crippen molar-refractivity contribution in [2.45, 2.75) is 6.04 Å². The van der Waals surface area contributed by atoms with E-state index < -0.39 is 17.7 Å². The number of hydrogen-bond acceptors (Lipinski definition) is 6. The van der Waals surface area contributed by atoms with Gasteiger partial charge in [0.15, 0.2) is 0 Å². The molecule has 1 aliphatic rings. The highest BCUT2D eigenvalue weighted by atomic mass is 16.5. The van der Waals surface area contributed by atoms with Gasteiger partial charge in [-0.05, 0) is 42.5 Å². The number of carbonyl (C=O) groups is 2. The molecule has 1 heterocycles. The molecule has 1 atom stereocenters. The number of aliphatic hydroxyl groups is 1. The summed E-state index contributed by atoms with van der Waals surface area (Å²) in [5, 5.41) is 21.6. The van der Waals surface area contributed by atoms with Gasteiger partial charge in [0.25, 0.3) is 11.7 Å². The fourth-order valence-corrected chi connectivity index (χ4v) is 3.84. The zero-order valence-corrected chi connectivity index (χ0v) is 17.5. The normalized spacial score (nSPS) is 17.4. The summed E-state index contributed by atoms with van der Waals surface area (Å²) in [6, 6.07) is 18.6. The summed E-state index contributed by atoms with van der Waals surface area (Å²) in [4.78, 5) is 27.5. The highest BCUT2D eigenvalue weighted by Gasteiger charge is 2.48. The lowest BCUT2D eigenvalue weighted by Crippen LogP contribution is -2.29. The Hall–Kier alpha value is -4.26. The van der Waals surface area contributed by atoms with Crippen LogP contribution in [0, 0.1) is 0 Å². The van der Waals surface area contributed by atoms with Gasteiger partial charge < -0.3 is 19.7 Å². The number of nitrogens with zero attached hydrogens (tertiary/aromatic N) is 1. The number of carbonyl (C=O) groups excluding carboxylic acids is 2. The first kappa shape index (κ1) is 21.0. The molecule has 0 spiro atoms. The van der Waals surface area contributed by atoms with Crippen LogP contribution in [-0.2, 0) is 9.59 Å². The first-order valence-corrected chi connectivity index (χ1v) is 9.84. The molecule has 7 heteroatoms. The molecule has 162 valence electrons. The maximum absolute atomic E-state index is 13.2. The van der Waals surface area contributed by atoms with Crippen LogP contribution >= 0.6 is 0 Å². The van der Waals surface area contributed by atoms with E-state index in [2.05, 4.69) is 0 Å². The van der Waals surface area contributed by atoms with Crippen molar-refractivity contribution in [3.05, 3.63) is 89.5 Å². The molecule has 0 aliphatic carbocycles. The second-order valence-electron chi connectivity index (χ2n) is 7.13. The third-order valence-electron chi connectivity index (χ3n) is 5.38. The lowest BCUT2D eigenvalue weighted by molar-refractivity contribution is -0.132. The minimum absolute atomic E-state index is 0.104. The third-order valence-corrected chi connectivity index (χ3v) is 5.38. The van der Waals surface area contributed by atoms with Gasteiger partial charge in [-0.25, -0.2) is 0 Å². The van der Waals surface area contributed by atoms with Gasteiger partial charge in [-0.2, -0.15) is 0 Å². The van der Waals surface area contributed by atoms with Crippen molar-refractivity contribution in [3.8, 4) is 17.2 Å². The van der Waals surface area contributed by atoms with E-state index in [0.717, 1.165) is 0 Å². The zero-order chi connectivity index (χ0) is 22.8. The number of phenols is 1. The van der Waals surface area contributed by atoms with E-state index in [1.807, 2.05) is 0 Å². The summed E-state index contributed by atoms with van der Waals surface area (Å²) < 4.78 is 10.6. The average molecular weight is 431 g/mol. The van der Waals surface area contributed by atoms with Gasteiger partial charge >= 0.3 is 0 Å². The van der Waals surface area contributed by atoms with Crippen LogP contribution in [0.1, 0.15) is 17.2 Å². The fourth-order valence-electron chi connectivity index (χ4n) is 3.84. The van der Waals surface area contributed by atoms with Crippen LogP contribution in [0.15, 0.2) is 78.4 Å². The first-order chi connectivity index (χ1) is 15.5. The van der Waals surface area contributed by atoms with E-state index in [9.17, 15) is 19.8 Å². The number of ketones is 1. The minimum Gasteiger partial charge on any atom is -0.507 e. The molecule has 0 saturated carbocycles. The molecule has 2 N–H and O–H groups in total. The number of aliphatic hydroxyl groups excluding tert-OH is 1. The molecule has 1 unspecified atom stereocenters. The standard InChI is InChI=1S/C25H21NO6/c1-31-16-13-11-15(12-14-16)23(28)21-22(17-7-3-6-10-20(17)32-2)26(25(30)24(21)29)18-8-4-5-9-19(18)27/h3-14,22,27-28H,1-2H3/b23-21+. The molecule has 0 radical (unpaired) electrons. The highest BCUT2D eigenvalue weighted by molar-refractivity contribution is 6.52. The van der Waals surface area contributed by atoms with Gasteiger partial charge in [0.1, 0.15) is 23.0 Å². The van der Waals surface area contributed by atoms with E-state index in [1.54, 1.807) is 60.7 Å². The molecule has 1 saturated heterocycles. The van der Waals surface area contributed by atoms with Gasteiger partial charge in [0, 0.05) is 11.1 Å². The SMILES string of the molecule is COc1ccc(/C(O)=C2\C(=O)C(=O)N(c3ccccc3O)C2c2ccccc2OC)cc1. The Kier molecular flexibility index (Phi) is 5.55. The van der Waals surface area contributed by atoms with E-state index >= 15 is 0 Å². The van der Waals surface area contributed by atoms with Crippen molar-refractivity contribution in [1.82, 2.24) is 0 Å². The van der Waals surface area contributed by atoms with Crippen molar-refractivity contribution in [2.24, 2.45) is 0 Å². The second-order valence-corrected chi connectivity index (χ2v) is 7.13. The van der Waals surface area contributed by atoms with Crippen molar-refractivity contribution >= 4 is 23.1 Å². The predicted octanol–water partition coefficient (Wildman–Crippen LogP) is 4.04. The van der Waals surface area contributed by atoms with Crippen molar-refractivity contribution < 1.29 is 29.3 Å². The van der Waals surface area contributed by atoms with Gasteiger partial charge in [-0.1, -0.05) is 30.3 Å². The molecule has 1 aliphatic heterocycles. The third kappa shape index (κ3) is 3.43. The van der Waals surface area contributed by atoms with Crippen molar-refractivity contribution in [2.75, 3.05) is 19.1 Å². The van der Waals surface area contributed by atoms with E-state index in [0.29, 0.717) is 22.6 Å². The van der Waals surface area contributed by atoms with Crippen molar-refractivity contribution in [1.29, 1.82) is 0 Å². The minimum atomic E-state index is -1.01. The van der Waals surface area contributed by atoms with Crippen LogP contribution in [0.2, 0.25) is 0 Å². The smallest absolute Gasteiger partial charge is 0.300 e. The average Bonchev–Trinajstić information content (AvgIpc) is 3.09. The number of rotatable bonds is 5. The zero-order valence-electron chi connectivity index (χ0n) is 17.5. The molecule has 3 aromatic rings. The maximum atomic E-state index is 13.2. The molecule has 32 heavy (non-hydrogen) atoms. The van der Waals surface area contributed by atoms with Crippen LogP contribution in [0.25, 0.3) is 5.76 Å². The summed E-state index contributed by atoms with van der Waals surface area (Å²) >= 11 is 0. The Bertz CT molecular complexity index is 1220. The Morgan fingerprint density at radius 1 is 0.875 bits per heavy atom. The van der Waals surface area contributed by atoms with Gasteiger partial charge in [0.05, 0.1) is 31.5 Å². The van der Waals surface area contributed by atoms with Gasteiger partial charge in [0.2, 0.25) is 0 Å². The molecule has 0 aromatic heterocycles. The molecular formula is C25H21NO6. The highest BCUT2D eigenvalue weighted by Crippen LogP contribution is 2.46. The number of Topliss-reactive ketones (excluding diaryl/α,β-unsaturated/α-hetero) is 1. The summed E-state index contributed by atoms with van der Waals surface area (Å²) in [5.74, 6) is -1.22. The number of aromatic hydroxyl groups is 1. The summed E-state index contributed by atoms with van der Waals surface area (Å²) in [7, 11) is 3.00. The lowest BCUT2D eigenvalue weighted by atomic mass is 9.94. The number of methoxy groups -OCH3 is 2. The summed E-state index contributed by atoms with van der Waals surface area (Å²) in [6.07, 6.45) is 0. The van der Waals surface area contributed by atoms with Crippen LogP contribution in [0.4, 0.5) is 5.69 Å².